The number of rotatable bonds is 4. The van der Waals surface area contributed by atoms with Crippen molar-refractivity contribution in [1.82, 2.24) is 4.98 Å². The summed E-state index contributed by atoms with van der Waals surface area (Å²) in [5, 5.41) is 25.7. The van der Waals surface area contributed by atoms with Crippen molar-refractivity contribution in [2.75, 3.05) is 5.43 Å². The minimum absolute atomic E-state index is 0.132. The molecule has 7 nitrogen and oxygen atoms in total. The summed E-state index contributed by atoms with van der Waals surface area (Å²) in [7, 11) is 0. The van der Waals surface area contributed by atoms with E-state index in [1.165, 1.54) is 18.5 Å². The Morgan fingerprint density at radius 1 is 1.22 bits per heavy atom. The van der Waals surface area contributed by atoms with Gasteiger partial charge >= 0.3 is 0 Å². The van der Waals surface area contributed by atoms with Crippen molar-refractivity contribution in [3.05, 3.63) is 70.4 Å². The lowest BCUT2D eigenvalue weighted by Crippen LogP contribution is -1.96. The molecule has 2 aromatic carbocycles. The van der Waals surface area contributed by atoms with E-state index in [4.69, 9.17) is 0 Å². The zero-order chi connectivity index (χ0) is 16.2. The number of fused-ring (bicyclic) bond motifs is 1. The highest BCUT2D eigenvalue weighted by molar-refractivity contribution is 6.00. The number of para-hydroxylation sites is 1. The van der Waals surface area contributed by atoms with Crippen molar-refractivity contribution in [3.8, 4) is 5.75 Å². The fraction of sp³-hybridized carbons (Fsp3) is 0. The van der Waals surface area contributed by atoms with Crippen LogP contribution in [0.15, 0.2) is 59.8 Å². The molecule has 0 saturated heterocycles. The Kier molecular flexibility index (Phi) is 3.84. The van der Waals surface area contributed by atoms with E-state index < -0.39 is 4.92 Å². The van der Waals surface area contributed by atoms with Crippen LogP contribution in [0.5, 0.6) is 5.75 Å². The summed E-state index contributed by atoms with van der Waals surface area (Å²) in [6, 6.07) is 13.6. The van der Waals surface area contributed by atoms with Crippen molar-refractivity contribution in [2.24, 2.45) is 5.10 Å². The van der Waals surface area contributed by atoms with E-state index in [0.717, 1.165) is 5.69 Å². The molecule has 23 heavy (non-hydrogen) atoms. The van der Waals surface area contributed by atoms with Gasteiger partial charge in [0.2, 0.25) is 0 Å². The molecule has 1 heterocycles. The van der Waals surface area contributed by atoms with Gasteiger partial charge < -0.3 is 5.11 Å². The topological polar surface area (TPSA) is 101 Å². The number of nitro groups is 1. The van der Waals surface area contributed by atoms with E-state index in [1.807, 2.05) is 30.3 Å². The van der Waals surface area contributed by atoms with Crippen LogP contribution in [0, 0.1) is 10.1 Å². The quantitative estimate of drug-likeness (QED) is 0.437. The number of phenols is 1. The van der Waals surface area contributed by atoms with Crippen molar-refractivity contribution in [1.29, 1.82) is 0 Å². The monoisotopic (exact) mass is 308 g/mol. The van der Waals surface area contributed by atoms with Crippen LogP contribution in [0.2, 0.25) is 0 Å². The Balaban J connectivity index is 2.00. The summed E-state index contributed by atoms with van der Waals surface area (Å²) in [5.41, 5.74) is 3.80. The summed E-state index contributed by atoms with van der Waals surface area (Å²) in [6.45, 7) is 0. The first-order chi connectivity index (χ1) is 11.2. The number of hydrogen-bond donors (Lipinski definition) is 2. The number of nitro benzene ring substituents is 1. The molecule has 3 rings (SSSR count). The molecule has 0 bridgehead atoms. The number of benzene rings is 2. The SMILES string of the molecule is O=[N+]([O-])c1cc(/C=N/Nc2ccccc2)c(O)c2ncccc12. The lowest BCUT2D eigenvalue weighted by molar-refractivity contribution is -0.383. The molecule has 0 atom stereocenters. The Labute approximate surface area is 131 Å². The van der Waals surface area contributed by atoms with E-state index in [2.05, 4.69) is 15.5 Å². The lowest BCUT2D eigenvalue weighted by Gasteiger charge is -2.05. The molecule has 114 valence electrons. The van der Waals surface area contributed by atoms with Gasteiger partial charge in [0, 0.05) is 17.8 Å². The molecule has 7 heteroatoms. The smallest absolute Gasteiger partial charge is 0.279 e. The standard InChI is InChI=1S/C16H12N4O3/c21-16-11(10-18-19-12-5-2-1-3-6-12)9-14(20(22)23)13-7-4-8-17-15(13)16/h1-10,19,21H/b18-10+. The molecule has 0 amide bonds. The fourth-order valence-corrected chi connectivity index (χ4v) is 2.17. The summed E-state index contributed by atoms with van der Waals surface area (Å²) in [6.07, 6.45) is 2.79. The number of hydrogen-bond acceptors (Lipinski definition) is 6. The number of non-ortho nitro benzene ring substituents is 1. The van der Waals surface area contributed by atoms with Gasteiger partial charge in [-0.1, -0.05) is 18.2 Å². The zero-order valence-corrected chi connectivity index (χ0v) is 11.9. The second-order valence-electron chi connectivity index (χ2n) is 4.73. The van der Waals surface area contributed by atoms with Crippen LogP contribution >= 0.6 is 0 Å². The van der Waals surface area contributed by atoms with E-state index >= 15 is 0 Å². The van der Waals surface area contributed by atoms with Gasteiger partial charge in [-0.2, -0.15) is 5.10 Å². The maximum Gasteiger partial charge on any atom is 0.279 e. The number of anilines is 1. The van der Waals surface area contributed by atoms with Crippen LogP contribution in [0.3, 0.4) is 0 Å². The number of aromatic nitrogens is 1. The first-order valence-corrected chi connectivity index (χ1v) is 6.76. The highest BCUT2D eigenvalue weighted by atomic mass is 16.6. The van der Waals surface area contributed by atoms with E-state index in [1.54, 1.807) is 12.1 Å². The van der Waals surface area contributed by atoms with E-state index in [-0.39, 0.29) is 27.9 Å². The molecule has 0 unspecified atom stereocenters. The Bertz CT molecular complexity index is 894. The number of nitrogens with one attached hydrogen (secondary N) is 1. The molecular formula is C16H12N4O3. The predicted molar refractivity (Wildman–Crippen MR) is 87.7 cm³/mol. The lowest BCUT2D eigenvalue weighted by atomic mass is 10.1. The van der Waals surface area contributed by atoms with E-state index in [0.29, 0.717) is 0 Å². The maximum absolute atomic E-state index is 11.2. The highest BCUT2D eigenvalue weighted by Gasteiger charge is 2.18. The second-order valence-corrected chi connectivity index (χ2v) is 4.73. The van der Waals surface area contributed by atoms with Crippen LogP contribution in [0.1, 0.15) is 5.56 Å². The van der Waals surface area contributed by atoms with Crippen molar-refractivity contribution < 1.29 is 10.0 Å². The van der Waals surface area contributed by atoms with Crippen molar-refractivity contribution >= 4 is 28.5 Å². The Morgan fingerprint density at radius 3 is 2.74 bits per heavy atom. The predicted octanol–water partition coefficient (Wildman–Crippen LogP) is 3.29. The molecule has 0 aliphatic heterocycles. The molecule has 2 N–H and O–H groups in total. The van der Waals surface area contributed by atoms with Crippen LogP contribution in [0.25, 0.3) is 10.9 Å². The van der Waals surface area contributed by atoms with Gasteiger partial charge in [0.05, 0.1) is 22.2 Å². The molecule has 0 aliphatic rings. The molecule has 0 aliphatic carbocycles. The maximum atomic E-state index is 11.2. The molecule has 3 aromatic rings. The third-order valence-electron chi connectivity index (χ3n) is 3.24. The molecule has 0 fully saturated rings. The number of aromatic hydroxyl groups is 1. The minimum Gasteiger partial charge on any atom is -0.505 e. The number of nitrogens with zero attached hydrogens (tertiary/aromatic N) is 3. The molecule has 0 saturated carbocycles. The van der Waals surface area contributed by atoms with Gasteiger partial charge in [-0.05, 0) is 24.3 Å². The summed E-state index contributed by atoms with van der Waals surface area (Å²) in [5.74, 6) is -0.148. The van der Waals surface area contributed by atoms with Gasteiger partial charge in [-0.25, -0.2) is 0 Å². The summed E-state index contributed by atoms with van der Waals surface area (Å²) < 4.78 is 0. The van der Waals surface area contributed by atoms with Crippen LogP contribution < -0.4 is 5.43 Å². The summed E-state index contributed by atoms with van der Waals surface area (Å²) >= 11 is 0. The number of phenolic OH excluding ortho intramolecular Hbond substituents is 1. The van der Waals surface area contributed by atoms with Crippen molar-refractivity contribution in [3.63, 3.8) is 0 Å². The molecule has 0 radical (unpaired) electrons. The van der Waals surface area contributed by atoms with Gasteiger partial charge in [-0.3, -0.25) is 20.5 Å². The van der Waals surface area contributed by atoms with Crippen LogP contribution in [-0.4, -0.2) is 21.2 Å². The molecule has 0 spiro atoms. The third-order valence-corrected chi connectivity index (χ3v) is 3.24. The Hall–Kier alpha value is -3.48. The van der Waals surface area contributed by atoms with Crippen LogP contribution in [-0.2, 0) is 0 Å². The molecule has 1 aromatic heterocycles. The average Bonchev–Trinajstić information content (AvgIpc) is 2.58. The largest absolute Gasteiger partial charge is 0.505 e. The number of pyridine rings is 1. The van der Waals surface area contributed by atoms with Gasteiger partial charge in [-0.15, -0.1) is 0 Å². The Morgan fingerprint density at radius 2 is 2.00 bits per heavy atom. The minimum atomic E-state index is -0.509. The first-order valence-electron chi connectivity index (χ1n) is 6.76. The van der Waals surface area contributed by atoms with Crippen LogP contribution in [0.4, 0.5) is 11.4 Å². The third kappa shape index (κ3) is 2.93. The summed E-state index contributed by atoms with van der Waals surface area (Å²) in [4.78, 5) is 14.7. The average molecular weight is 308 g/mol. The van der Waals surface area contributed by atoms with Gasteiger partial charge in [0.15, 0.2) is 5.75 Å². The van der Waals surface area contributed by atoms with E-state index in [9.17, 15) is 15.2 Å². The zero-order valence-electron chi connectivity index (χ0n) is 11.9. The number of hydrazone groups is 1. The normalized spacial score (nSPS) is 11.0. The van der Waals surface area contributed by atoms with Crippen molar-refractivity contribution in [2.45, 2.75) is 0 Å². The first kappa shape index (κ1) is 14.5. The second kappa shape index (κ2) is 6.10. The van der Waals surface area contributed by atoms with Gasteiger partial charge in [0.25, 0.3) is 5.69 Å². The fourth-order valence-electron chi connectivity index (χ4n) is 2.17. The van der Waals surface area contributed by atoms with Gasteiger partial charge in [0.1, 0.15) is 5.52 Å². The highest BCUT2D eigenvalue weighted by Crippen LogP contribution is 2.33. The molecular weight excluding hydrogens is 296 g/mol.